The van der Waals surface area contributed by atoms with Gasteiger partial charge in [-0.05, 0) is 12.1 Å². The molecule has 0 radical (unpaired) electrons. The largest absolute Gasteiger partial charge is 0.465 e. The minimum absolute atomic E-state index is 0.141. The number of carbonyl (C=O) groups is 1. The Hall–Kier alpha value is -2.37. The minimum Gasteiger partial charge on any atom is -0.465 e. The molecule has 2 heterocycles. The molecule has 0 aliphatic heterocycles. The van der Waals surface area contributed by atoms with Crippen LogP contribution in [-0.4, -0.2) is 23.0 Å². The maximum Gasteiger partial charge on any atom is 0.345 e. The molecular weight excluding hydrogens is 212 g/mol. The number of hydrogen-bond acceptors (Lipinski definition) is 5. The number of rotatable bonds is 2. The van der Waals surface area contributed by atoms with E-state index in [4.69, 9.17) is 4.42 Å². The molecule has 0 saturated carbocycles. The third kappa shape index (κ3) is 1.72. The van der Waals surface area contributed by atoms with Crippen LogP contribution in [-0.2, 0) is 4.74 Å². The van der Waals surface area contributed by atoms with Gasteiger partial charge in [0.2, 0.25) is 0 Å². The highest BCUT2D eigenvalue weighted by atomic mass is 16.5. The minimum atomic E-state index is -0.722. The molecule has 0 saturated heterocycles. The zero-order chi connectivity index (χ0) is 11.5. The number of furan rings is 1. The average molecular weight is 220 g/mol. The van der Waals surface area contributed by atoms with E-state index in [2.05, 4.69) is 14.7 Å². The first-order chi connectivity index (χ1) is 7.72. The number of nitrogens with zero attached hydrogens (tertiary/aromatic N) is 1. The van der Waals surface area contributed by atoms with Crippen molar-refractivity contribution >= 4 is 5.97 Å². The molecule has 2 rings (SSSR count). The van der Waals surface area contributed by atoms with E-state index in [0.717, 1.165) is 6.20 Å². The fourth-order valence-corrected chi connectivity index (χ4v) is 1.19. The van der Waals surface area contributed by atoms with E-state index in [1.54, 1.807) is 12.1 Å². The fraction of sp³-hybridized carbons (Fsp3) is 0.100. The van der Waals surface area contributed by atoms with Gasteiger partial charge in [-0.15, -0.1) is 0 Å². The van der Waals surface area contributed by atoms with Crippen LogP contribution in [0.5, 0.6) is 0 Å². The molecule has 0 fully saturated rings. The molecule has 2 aromatic heterocycles. The van der Waals surface area contributed by atoms with E-state index in [0.29, 0.717) is 5.76 Å². The van der Waals surface area contributed by atoms with Crippen LogP contribution in [0.4, 0.5) is 0 Å². The molecule has 0 aliphatic carbocycles. The molecule has 2 aromatic rings. The van der Waals surface area contributed by atoms with Crippen molar-refractivity contribution in [2.75, 3.05) is 7.11 Å². The van der Waals surface area contributed by atoms with Crippen LogP contribution in [0.3, 0.4) is 0 Å². The second kappa shape index (κ2) is 4.01. The fourth-order valence-electron chi connectivity index (χ4n) is 1.19. The number of carbonyl (C=O) groups excluding carboxylic acids is 1. The summed E-state index contributed by atoms with van der Waals surface area (Å²) in [6.45, 7) is 0. The van der Waals surface area contributed by atoms with Gasteiger partial charge in [0.05, 0.1) is 13.4 Å². The summed E-state index contributed by atoms with van der Waals surface area (Å²) < 4.78 is 9.48. The Balaban J connectivity index is 2.45. The monoisotopic (exact) mass is 220 g/mol. The van der Waals surface area contributed by atoms with Crippen LogP contribution in [0.1, 0.15) is 10.4 Å². The van der Waals surface area contributed by atoms with Crippen molar-refractivity contribution in [1.29, 1.82) is 0 Å². The van der Waals surface area contributed by atoms with Crippen LogP contribution in [0.2, 0.25) is 0 Å². The van der Waals surface area contributed by atoms with E-state index in [1.807, 2.05) is 0 Å². The summed E-state index contributed by atoms with van der Waals surface area (Å²) in [5, 5.41) is 0. The van der Waals surface area contributed by atoms with Crippen molar-refractivity contribution in [3.8, 4) is 11.6 Å². The summed E-state index contributed by atoms with van der Waals surface area (Å²) in [4.78, 5) is 29.0. The Morgan fingerprint density at radius 1 is 1.56 bits per heavy atom. The number of aromatic amines is 1. The maximum absolute atomic E-state index is 11.5. The van der Waals surface area contributed by atoms with Gasteiger partial charge < -0.3 is 14.1 Å². The number of nitrogens with one attached hydrogen (secondary N) is 1. The zero-order valence-corrected chi connectivity index (χ0v) is 8.39. The molecule has 1 N–H and O–H groups in total. The highest BCUT2D eigenvalue weighted by Crippen LogP contribution is 2.12. The van der Waals surface area contributed by atoms with Gasteiger partial charge in [0, 0.05) is 6.20 Å². The van der Waals surface area contributed by atoms with Crippen molar-refractivity contribution in [1.82, 2.24) is 9.97 Å². The van der Waals surface area contributed by atoms with Gasteiger partial charge in [-0.1, -0.05) is 0 Å². The molecule has 16 heavy (non-hydrogen) atoms. The first-order valence-corrected chi connectivity index (χ1v) is 4.44. The molecule has 6 nitrogen and oxygen atoms in total. The summed E-state index contributed by atoms with van der Waals surface area (Å²) in [5.74, 6) is -0.0316. The van der Waals surface area contributed by atoms with Crippen LogP contribution >= 0.6 is 0 Å². The third-order valence-electron chi connectivity index (χ3n) is 1.96. The molecule has 6 heteroatoms. The van der Waals surface area contributed by atoms with Gasteiger partial charge in [-0.3, -0.25) is 4.79 Å². The lowest BCUT2D eigenvalue weighted by Gasteiger charge is -1.99. The van der Waals surface area contributed by atoms with Crippen LogP contribution in [0, 0.1) is 0 Å². The van der Waals surface area contributed by atoms with Crippen molar-refractivity contribution in [2.45, 2.75) is 0 Å². The quantitative estimate of drug-likeness (QED) is 0.757. The van der Waals surface area contributed by atoms with E-state index in [1.165, 1.54) is 13.4 Å². The summed E-state index contributed by atoms with van der Waals surface area (Å²) >= 11 is 0. The molecule has 0 spiro atoms. The lowest BCUT2D eigenvalue weighted by molar-refractivity contribution is 0.0598. The number of H-pyrrole nitrogens is 1. The number of hydrogen-bond donors (Lipinski definition) is 1. The topological polar surface area (TPSA) is 85.2 Å². The Bertz CT molecular complexity index is 556. The first kappa shape index (κ1) is 10.2. The molecule has 82 valence electrons. The highest BCUT2D eigenvalue weighted by Gasteiger charge is 2.13. The van der Waals surface area contributed by atoms with E-state index >= 15 is 0 Å². The smallest absolute Gasteiger partial charge is 0.345 e. The predicted molar refractivity (Wildman–Crippen MR) is 53.9 cm³/mol. The number of methoxy groups -OCH3 is 1. The van der Waals surface area contributed by atoms with Crippen molar-refractivity contribution in [2.24, 2.45) is 0 Å². The van der Waals surface area contributed by atoms with Gasteiger partial charge in [0.25, 0.3) is 5.56 Å². The highest BCUT2D eigenvalue weighted by molar-refractivity contribution is 5.88. The molecular formula is C10H8N2O4. The average Bonchev–Trinajstić information content (AvgIpc) is 2.81. The number of esters is 1. The van der Waals surface area contributed by atoms with E-state index in [-0.39, 0.29) is 11.4 Å². The number of ether oxygens (including phenoxy) is 1. The van der Waals surface area contributed by atoms with Gasteiger partial charge in [0.15, 0.2) is 11.6 Å². The lowest BCUT2D eigenvalue weighted by Crippen LogP contribution is -2.19. The van der Waals surface area contributed by atoms with Crippen LogP contribution < -0.4 is 5.56 Å². The molecule has 0 unspecified atom stereocenters. The lowest BCUT2D eigenvalue weighted by atomic mass is 10.3. The molecule has 0 aromatic carbocycles. The summed E-state index contributed by atoms with van der Waals surface area (Å²) in [6, 6.07) is 3.32. The van der Waals surface area contributed by atoms with Crippen molar-refractivity contribution in [3.63, 3.8) is 0 Å². The van der Waals surface area contributed by atoms with Gasteiger partial charge in [0.1, 0.15) is 5.56 Å². The van der Waals surface area contributed by atoms with Gasteiger partial charge >= 0.3 is 5.97 Å². The summed E-state index contributed by atoms with van der Waals surface area (Å²) in [6.07, 6.45) is 2.62. The summed E-state index contributed by atoms with van der Waals surface area (Å²) in [5.41, 5.74) is -0.703. The SMILES string of the molecule is COC(=O)c1cnc(-c2ccco2)[nH]c1=O. The Morgan fingerprint density at radius 2 is 2.38 bits per heavy atom. The second-order valence-corrected chi connectivity index (χ2v) is 2.94. The normalized spacial score (nSPS) is 10.1. The standard InChI is InChI=1S/C10H8N2O4/c1-15-10(14)6-5-11-8(12-9(6)13)7-3-2-4-16-7/h2-5H,1H3,(H,11,12,13). The van der Waals surface area contributed by atoms with E-state index < -0.39 is 11.5 Å². The summed E-state index contributed by atoms with van der Waals surface area (Å²) in [7, 11) is 1.20. The van der Waals surface area contributed by atoms with Crippen molar-refractivity contribution < 1.29 is 13.9 Å². The van der Waals surface area contributed by atoms with E-state index in [9.17, 15) is 9.59 Å². The Morgan fingerprint density at radius 3 is 2.94 bits per heavy atom. The third-order valence-corrected chi connectivity index (χ3v) is 1.96. The second-order valence-electron chi connectivity index (χ2n) is 2.94. The molecule has 0 atom stereocenters. The van der Waals surface area contributed by atoms with Crippen LogP contribution in [0.25, 0.3) is 11.6 Å². The molecule has 0 bridgehead atoms. The first-order valence-electron chi connectivity index (χ1n) is 4.44. The predicted octanol–water partition coefficient (Wildman–Crippen LogP) is 0.816. The number of aromatic nitrogens is 2. The zero-order valence-electron chi connectivity index (χ0n) is 8.39. The van der Waals surface area contributed by atoms with Crippen LogP contribution in [0.15, 0.2) is 33.8 Å². The van der Waals surface area contributed by atoms with Crippen molar-refractivity contribution in [3.05, 3.63) is 40.5 Å². The maximum atomic E-state index is 11.5. The van der Waals surface area contributed by atoms with Gasteiger partial charge in [-0.25, -0.2) is 9.78 Å². The molecule has 0 amide bonds. The Kier molecular flexibility index (Phi) is 2.55. The van der Waals surface area contributed by atoms with Gasteiger partial charge in [-0.2, -0.15) is 0 Å². The molecule has 0 aliphatic rings. The Labute approximate surface area is 89.9 Å².